The summed E-state index contributed by atoms with van der Waals surface area (Å²) >= 11 is 1.88. The van der Waals surface area contributed by atoms with Crippen LogP contribution >= 0.6 is 11.3 Å². The molecule has 0 fully saturated rings. The van der Waals surface area contributed by atoms with Gasteiger partial charge in [0.1, 0.15) is 0 Å². The van der Waals surface area contributed by atoms with Gasteiger partial charge in [-0.2, -0.15) is 0 Å². The molecular formula is C53H39NS. The summed E-state index contributed by atoms with van der Waals surface area (Å²) in [5, 5.41) is 5.24. The number of nitrogens with zero attached hydrogens (tertiary/aromatic N) is 1. The number of thiophene rings is 1. The van der Waals surface area contributed by atoms with Crippen molar-refractivity contribution in [2.75, 3.05) is 4.90 Å². The van der Waals surface area contributed by atoms with Gasteiger partial charge in [0.15, 0.2) is 0 Å². The Labute approximate surface area is 326 Å². The Bertz CT molecular complexity index is 2910. The Morgan fingerprint density at radius 2 is 1.13 bits per heavy atom. The molecule has 10 rings (SSSR count). The van der Waals surface area contributed by atoms with Gasteiger partial charge in [-0.25, -0.2) is 0 Å². The number of benzene rings is 8. The Morgan fingerprint density at radius 3 is 2.02 bits per heavy atom. The highest BCUT2D eigenvalue weighted by atomic mass is 32.1. The van der Waals surface area contributed by atoms with Crippen molar-refractivity contribution in [3.63, 3.8) is 0 Å². The van der Waals surface area contributed by atoms with Gasteiger partial charge >= 0.3 is 0 Å². The molecule has 0 bridgehead atoms. The highest BCUT2D eigenvalue weighted by Gasteiger charge is 2.21. The average molecular weight is 722 g/mol. The smallest absolute Gasteiger partial charge is 0.0540 e. The van der Waals surface area contributed by atoms with Crippen molar-refractivity contribution in [1.29, 1.82) is 0 Å². The second kappa shape index (κ2) is 14.1. The van der Waals surface area contributed by atoms with Crippen molar-refractivity contribution in [1.82, 2.24) is 0 Å². The van der Waals surface area contributed by atoms with E-state index < -0.39 is 0 Å². The SMILES string of the molecule is CC1C=C(c2cccc(N(c3ccc(-c4cccc5c4sc4ccccc45)cc3)c3ccccc3-c3ccccc3)c2)C=C(c2cccc3ccccc23)C1. The molecule has 2 heteroatoms. The van der Waals surface area contributed by atoms with Crippen LogP contribution in [0.5, 0.6) is 0 Å². The maximum Gasteiger partial charge on any atom is 0.0540 e. The van der Waals surface area contributed by atoms with Gasteiger partial charge in [0.05, 0.1) is 5.69 Å². The first kappa shape index (κ1) is 33.1. The molecule has 1 heterocycles. The maximum absolute atomic E-state index is 2.44. The van der Waals surface area contributed by atoms with Crippen LogP contribution in [0, 0.1) is 5.92 Å². The number of anilines is 3. The van der Waals surface area contributed by atoms with Crippen molar-refractivity contribution < 1.29 is 0 Å². The third-order valence-corrected chi connectivity index (χ3v) is 12.2. The van der Waals surface area contributed by atoms with Crippen LogP contribution in [0.1, 0.15) is 24.5 Å². The van der Waals surface area contributed by atoms with E-state index in [1.807, 2.05) is 11.3 Å². The summed E-state index contributed by atoms with van der Waals surface area (Å²) in [7, 11) is 0. The number of rotatable bonds is 7. The first-order valence-electron chi connectivity index (χ1n) is 19.1. The standard InChI is InChI=1S/C53H39NS/c1-36-32-41(34-42(33-36)46-23-12-17-37-16-5-6-20-45(37)46)40-18-11-19-44(35-40)54(51-26-9-7-21-47(51)38-14-3-2-4-15-38)43-30-28-39(29-31-43)48-24-13-25-50-49-22-8-10-27-52(49)55-53(48)50/h2-32,34-36H,33H2,1H3. The molecule has 0 aliphatic heterocycles. The molecule has 0 saturated heterocycles. The van der Waals surface area contributed by atoms with E-state index in [2.05, 4.69) is 212 Å². The van der Waals surface area contributed by atoms with Crippen molar-refractivity contribution in [3.8, 4) is 22.3 Å². The van der Waals surface area contributed by atoms with Crippen LogP contribution in [0.3, 0.4) is 0 Å². The normalized spacial score (nSPS) is 14.2. The van der Waals surface area contributed by atoms with Gasteiger partial charge in [-0.15, -0.1) is 11.3 Å². The molecule has 1 nitrogen and oxygen atoms in total. The summed E-state index contributed by atoms with van der Waals surface area (Å²) in [6.45, 7) is 2.34. The second-order valence-corrected chi connectivity index (χ2v) is 15.6. The third kappa shape index (κ3) is 6.15. The largest absolute Gasteiger partial charge is 0.310 e. The number of hydrogen-bond donors (Lipinski definition) is 0. The first-order valence-corrected chi connectivity index (χ1v) is 20.0. The molecule has 1 aliphatic carbocycles. The summed E-state index contributed by atoms with van der Waals surface area (Å²) in [6, 6.07) is 68.7. The van der Waals surface area contributed by atoms with Crippen molar-refractivity contribution >= 4 is 70.5 Å². The monoisotopic (exact) mass is 721 g/mol. The zero-order valence-electron chi connectivity index (χ0n) is 30.7. The van der Waals surface area contributed by atoms with E-state index in [-0.39, 0.29) is 0 Å². The lowest BCUT2D eigenvalue weighted by Crippen LogP contribution is -2.11. The minimum absolute atomic E-state index is 0.422. The van der Waals surface area contributed by atoms with E-state index in [1.54, 1.807) is 0 Å². The predicted molar refractivity (Wildman–Crippen MR) is 239 cm³/mol. The fourth-order valence-corrected chi connectivity index (χ4v) is 9.66. The molecule has 0 N–H and O–H groups in total. The van der Waals surface area contributed by atoms with Crippen LogP contribution in [-0.2, 0) is 0 Å². The maximum atomic E-state index is 2.44. The third-order valence-electron chi connectivity index (χ3n) is 11.0. The molecule has 1 atom stereocenters. The molecule has 0 spiro atoms. The predicted octanol–water partition coefficient (Wildman–Crippen LogP) is 15.5. The van der Waals surface area contributed by atoms with Gasteiger partial charge in [-0.3, -0.25) is 0 Å². The zero-order chi connectivity index (χ0) is 36.7. The van der Waals surface area contributed by atoms with E-state index in [9.17, 15) is 0 Å². The summed E-state index contributed by atoms with van der Waals surface area (Å²) in [5.41, 5.74) is 13.5. The van der Waals surface area contributed by atoms with Gasteiger partial charge in [-0.1, -0.05) is 171 Å². The summed E-state index contributed by atoms with van der Waals surface area (Å²) in [6.07, 6.45) is 5.89. The molecule has 1 aliphatic rings. The number of para-hydroxylation sites is 1. The van der Waals surface area contributed by atoms with E-state index in [0.717, 1.165) is 23.5 Å². The Balaban J connectivity index is 1.09. The van der Waals surface area contributed by atoms with E-state index >= 15 is 0 Å². The van der Waals surface area contributed by atoms with Gasteiger partial charge < -0.3 is 4.90 Å². The van der Waals surface area contributed by atoms with Gasteiger partial charge in [-0.05, 0) is 98.5 Å². The van der Waals surface area contributed by atoms with Crippen LogP contribution in [-0.4, -0.2) is 0 Å². The number of allylic oxidation sites excluding steroid dienone is 4. The van der Waals surface area contributed by atoms with E-state index in [1.165, 1.54) is 75.5 Å². The molecule has 262 valence electrons. The van der Waals surface area contributed by atoms with Gasteiger partial charge in [0.25, 0.3) is 0 Å². The fourth-order valence-electron chi connectivity index (χ4n) is 8.43. The molecule has 9 aromatic rings. The summed E-state index contributed by atoms with van der Waals surface area (Å²) in [5.74, 6) is 0.422. The molecular weight excluding hydrogens is 683 g/mol. The minimum atomic E-state index is 0.422. The summed E-state index contributed by atoms with van der Waals surface area (Å²) < 4.78 is 2.66. The van der Waals surface area contributed by atoms with Crippen LogP contribution in [0.15, 0.2) is 200 Å². The van der Waals surface area contributed by atoms with Gasteiger partial charge in [0.2, 0.25) is 0 Å². The average Bonchev–Trinajstić information content (AvgIpc) is 3.63. The van der Waals surface area contributed by atoms with Gasteiger partial charge in [0, 0.05) is 37.1 Å². The van der Waals surface area contributed by atoms with Crippen LogP contribution in [0.4, 0.5) is 17.1 Å². The second-order valence-electron chi connectivity index (χ2n) is 14.6. The summed E-state index contributed by atoms with van der Waals surface area (Å²) in [4.78, 5) is 2.43. The molecule has 0 saturated carbocycles. The van der Waals surface area contributed by atoms with Crippen LogP contribution < -0.4 is 4.90 Å². The Morgan fingerprint density at radius 1 is 0.491 bits per heavy atom. The lowest BCUT2D eigenvalue weighted by molar-refractivity contribution is 0.752. The molecule has 1 unspecified atom stereocenters. The van der Waals surface area contributed by atoms with Crippen molar-refractivity contribution in [2.24, 2.45) is 5.92 Å². The molecule has 1 aromatic heterocycles. The van der Waals surface area contributed by atoms with Crippen molar-refractivity contribution in [2.45, 2.75) is 13.3 Å². The first-order chi connectivity index (χ1) is 27.2. The van der Waals surface area contributed by atoms with E-state index in [0.29, 0.717) is 5.92 Å². The molecule has 0 radical (unpaired) electrons. The van der Waals surface area contributed by atoms with E-state index in [4.69, 9.17) is 0 Å². The van der Waals surface area contributed by atoms with Crippen molar-refractivity contribution in [3.05, 3.63) is 211 Å². The topological polar surface area (TPSA) is 3.24 Å². The quantitative estimate of drug-likeness (QED) is 0.158. The van der Waals surface area contributed by atoms with Crippen LogP contribution in [0.2, 0.25) is 0 Å². The lowest BCUT2D eigenvalue weighted by Gasteiger charge is -2.29. The minimum Gasteiger partial charge on any atom is -0.310 e. The number of fused-ring (bicyclic) bond motifs is 4. The fraction of sp³-hybridized carbons (Fsp3) is 0.0566. The van der Waals surface area contributed by atoms with Crippen LogP contribution in [0.25, 0.3) is 64.3 Å². The number of hydrogen-bond acceptors (Lipinski definition) is 2. The highest BCUT2D eigenvalue weighted by Crippen LogP contribution is 2.45. The lowest BCUT2D eigenvalue weighted by atomic mass is 9.84. The molecule has 55 heavy (non-hydrogen) atoms. The highest BCUT2D eigenvalue weighted by molar-refractivity contribution is 7.26. The Hall–Kier alpha value is -6.48. The molecule has 8 aromatic carbocycles. The Kier molecular flexibility index (Phi) is 8.47. The molecule has 0 amide bonds. The zero-order valence-corrected chi connectivity index (χ0v) is 31.5.